The molecule has 0 unspecified atom stereocenters. The summed E-state index contributed by atoms with van der Waals surface area (Å²) < 4.78 is 1.18. The molecule has 0 atom stereocenters. The van der Waals surface area contributed by atoms with Crippen molar-refractivity contribution in [2.24, 2.45) is 0 Å². The smallest absolute Gasteiger partial charge is 0.181 e. The Morgan fingerprint density at radius 2 is 2.27 bits per heavy atom. The largest absolute Gasteiger partial charge is 0.375 e. The SMILES string of the molecule is CCN(C)Cc1ccc2nc(N)sc2c1. The summed E-state index contributed by atoms with van der Waals surface area (Å²) in [6.45, 7) is 4.19. The van der Waals surface area contributed by atoms with Crippen molar-refractivity contribution in [3.8, 4) is 0 Å². The average molecular weight is 221 g/mol. The number of fused-ring (bicyclic) bond motifs is 1. The summed E-state index contributed by atoms with van der Waals surface area (Å²) in [6.07, 6.45) is 0. The molecule has 3 nitrogen and oxygen atoms in total. The Kier molecular flexibility index (Phi) is 2.88. The third-order valence-corrected chi connectivity index (χ3v) is 3.31. The van der Waals surface area contributed by atoms with Gasteiger partial charge in [-0.25, -0.2) is 4.98 Å². The fourth-order valence-electron chi connectivity index (χ4n) is 1.51. The van der Waals surface area contributed by atoms with Crippen molar-refractivity contribution in [3.63, 3.8) is 0 Å². The normalized spacial score (nSPS) is 11.4. The molecule has 0 amide bonds. The zero-order valence-electron chi connectivity index (χ0n) is 9.03. The molecule has 0 aliphatic carbocycles. The lowest BCUT2D eigenvalue weighted by Gasteiger charge is -2.13. The van der Waals surface area contributed by atoms with Crippen LogP contribution < -0.4 is 5.73 Å². The first-order valence-electron chi connectivity index (χ1n) is 5.02. The van der Waals surface area contributed by atoms with Gasteiger partial charge in [-0.15, -0.1) is 0 Å². The Morgan fingerprint density at radius 1 is 1.47 bits per heavy atom. The second-order valence-corrected chi connectivity index (χ2v) is 4.75. The second kappa shape index (κ2) is 4.16. The van der Waals surface area contributed by atoms with E-state index < -0.39 is 0 Å². The average Bonchev–Trinajstić information content (AvgIpc) is 2.57. The Morgan fingerprint density at radius 3 is 3.00 bits per heavy atom. The van der Waals surface area contributed by atoms with Crippen LogP contribution in [0.2, 0.25) is 0 Å². The van der Waals surface area contributed by atoms with E-state index in [1.54, 1.807) is 11.3 Å². The number of thiazole rings is 1. The van der Waals surface area contributed by atoms with Crippen LogP contribution in [0.25, 0.3) is 10.2 Å². The summed E-state index contributed by atoms with van der Waals surface area (Å²) >= 11 is 1.55. The predicted molar refractivity (Wildman–Crippen MR) is 66.0 cm³/mol. The van der Waals surface area contributed by atoms with E-state index in [-0.39, 0.29) is 0 Å². The van der Waals surface area contributed by atoms with E-state index in [1.165, 1.54) is 10.3 Å². The molecule has 0 spiro atoms. The summed E-state index contributed by atoms with van der Waals surface area (Å²) in [5, 5.41) is 0.644. The summed E-state index contributed by atoms with van der Waals surface area (Å²) in [7, 11) is 2.12. The third kappa shape index (κ3) is 2.27. The number of nitrogens with zero attached hydrogens (tertiary/aromatic N) is 2. The van der Waals surface area contributed by atoms with Crippen LogP contribution in [0.4, 0.5) is 5.13 Å². The van der Waals surface area contributed by atoms with Crippen molar-refractivity contribution in [2.75, 3.05) is 19.3 Å². The lowest BCUT2D eigenvalue weighted by molar-refractivity contribution is 0.346. The standard InChI is InChI=1S/C11H15N3S/c1-3-14(2)7-8-4-5-9-10(6-8)15-11(12)13-9/h4-6H,3,7H2,1-2H3,(H2,12,13). The van der Waals surface area contributed by atoms with Crippen LogP contribution in [0.1, 0.15) is 12.5 Å². The number of aromatic nitrogens is 1. The van der Waals surface area contributed by atoms with Gasteiger partial charge >= 0.3 is 0 Å². The molecule has 0 fully saturated rings. The van der Waals surface area contributed by atoms with Crippen molar-refractivity contribution >= 4 is 26.7 Å². The first-order valence-corrected chi connectivity index (χ1v) is 5.84. The van der Waals surface area contributed by atoms with Gasteiger partial charge < -0.3 is 10.6 Å². The predicted octanol–water partition coefficient (Wildman–Crippen LogP) is 2.33. The van der Waals surface area contributed by atoms with Crippen LogP contribution in [-0.4, -0.2) is 23.5 Å². The topological polar surface area (TPSA) is 42.2 Å². The molecule has 1 aromatic heterocycles. The van der Waals surface area contributed by atoms with E-state index in [4.69, 9.17) is 5.73 Å². The van der Waals surface area contributed by atoms with Gasteiger partial charge in [0.05, 0.1) is 10.2 Å². The van der Waals surface area contributed by atoms with E-state index >= 15 is 0 Å². The first kappa shape index (κ1) is 10.4. The van der Waals surface area contributed by atoms with Crippen LogP contribution in [0.5, 0.6) is 0 Å². The molecule has 2 aromatic rings. The van der Waals surface area contributed by atoms with Gasteiger partial charge in [0.15, 0.2) is 5.13 Å². The van der Waals surface area contributed by atoms with E-state index in [0.717, 1.165) is 18.6 Å². The van der Waals surface area contributed by atoms with Gasteiger partial charge in [-0.05, 0) is 31.3 Å². The highest BCUT2D eigenvalue weighted by Gasteiger charge is 2.03. The first-order chi connectivity index (χ1) is 7.19. The van der Waals surface area contributed by atoms with Crippen molar-refractivity contribution in [3.05, 3.63) is 23.8 Å². The fourth-order valence-corrected chi connectivity index (χ4v) is 2.31. The van der Waals surface area contributed by atoms with Gasteiger partial charge in [0.25, 0.3) is 0 Å². The van der Waals surface area contributed by atoms with E-state index in [0.29, 0.717) is 5.13 Å². The zero-order valence-corrected chi connectivity index (χ0v) is 9.84. The van der Waals surface area contributed by atoms with Gasteiger partial charge in [0.1, 0.15) is 0 Å². The minimum absolute atomic E-state index is 0.644. The monoisotopic (exact) mass is 221 g/mol. The Bertz CT molecular complexity index is 464. The molecule has 0 bridgehead atoms. The molecule has 1 heterocycles. The molecular weight excluding hydrogens is 206 g/mol. The summed E-state index contributed by atoms with van der Waals surface area (Å²) in [5.74, 6) is 0. The van der Waals surface area contributed by atoms with Crippen LogP contribution in [0.15, 0.2) is 18.2 Å². The number of nitrogen functional groups attached to an aromatic ring is 1. The summed E-state index contributed by atoms with van der Waals surface area (Å²) in [5.41, 5.74) is 7.98. The second-order valence-electron chi connectivity index (χ2n) is 3.68. The third-order valence-electron chi connectivity index (χ3n) is 2.46. The van der Waals surface area contributed by atoms with Gasteiger partial charge in [0.2, 0.25) is 0 Å². The molecule has 80 valence electrons. The lowest BCUT2D eigenvalue weighted by atomic mass is 10.2. The maximum absolute atomic E-state index is 5.67. The Labute approximate surface area is 93.5 Å². The van der Waals surface area contributed by atoms with Crippen LogP contribution in [0, 0.1) is 0 Å². The van der Waals surface area contributed by atoms with Gasteiger partial charge in [-0.2, -0.15) is 0 Å². The number of anilines is 1. The maximum atomic E-state index is 5.67. The van der Waals surface area contributed by atoms with Crippen molar-refractivity contribution in [1.82, 2.24) is 9.88 Å². The van der Waals surface area contributed by atoms with Gasteiger partial charge in [-0.3, -0.25) is 0 Å². The molecule has 0 saturated carbocycles. The minimum Gasteiger partial charge on any atom is -0.375 e. The molecule has 2 rings (SSSR count). The van der Waals surface area contributed by atoms with E-state index in [9.17, 15) is 0 Å². The zero-order chi connectivity index (χ0) is 10.8. The van der Waals surface area contributed by atoms with E-state index in [1.807, 2.05) is 6.07 Å². The number of hydrogen-bond acceptors (Lipinski definition) is 4. The number of benzene rings is 1. The maximum Gasteiger partial charge on any atom is 0.181 e. The Hall–Kier alpha value is -1.13. The highest BCUT2D eigenvalue weighted by molar-refractivity contribution is 7.22. The number of rotatable bonds is 3. The molecule has 0 aliphatic heterocycles. The minimum atomic E-state index is 0.644. The number of hydrogen-bond donors (Lipinski definition) is 1. The molecule has 1 aromatic carbocycles. The fraction of sp³-hybridized carbons (Fsp3) is 0.364. The van der Waals surface area contributed by atoms with Crippen LogP contribution in [0.3, 0.4) is 0 Å². The van der Waals surface area contributed by atoms with Crippen molar-refractivity contribution < 1.29 is 0 Å². The highest BCUT2D eigenvalue weighted by Crippen LogP contribution is 2.24. The van der Waals surface area contributed by atoms with Crippen LogP contribution >= 0.6 is 11.3 Å². The Balaban J connectivity index is 2.30. The lowest BCUT2D eigenvalue weighted by Crippen LogP contribution is -2.16. The van der Waals surface area contributed by atoms with Gasteiger partial charge in [0, 0.05) is 6.54 Å². The summed E-state index contributed by atoms with van der Waals surface area (Å²) in [6, 6.07) is 6.34. The highest BCUT2D eigenvalue weighted by atomic mass is 32.1. The van der Waals surface area contributed by atoms with Crippen molar-refractivity contribution in [2.45, 2.75) is 13.5 Å². The molecule has 0 aliphatic rings. The molecular formula is C11H15N3S. The molecule has 15 heavy (non-hydrogen) atoms. The van der Waals surface area contributed by atoms with Gasteiger partial charge in [-0.1, -0.05) is 24.3 Å². The number of nitrogens with two attached hydrogens (primary N) is 1. The molecule has 2 N–H and O–H groups in total. The van der Waals surface area contributed by atoms with E-state index in [2.05, 4.69) is 36.0 Å². The molecule has 0 radical (unpaired) electrons. The molecule has 0 saturated heterocycles. The molecule has 4 heteroatoms. The van der Waals surface area contributed by atoms with Crippen molar-refractivity contribution in [1.29, 1.82) is 0 Å². The summed E-state index contributed by atoms with van der Waals surface area (Å²) in [4.78, 5) is 6.51. The quantitative estimate of drug-likeness (QED) is 0.865. The van der Waals surface area contributed by atoms with Crippen LogP contribution in [-0.2, 0) is 6.54 Å².